The van der Waals surface area contributed by atoms with E-state index in [0.29, 0.717) is 0 Å². The van der Waals surface area contributed by atoms with Crippen LogP contribution in [0, 0.1) is 0 Å². The first-order valence-electron chi connectivity index (χ1n) is 6.63. The van der Waals surface area contributed by atoms with Crippen molar-refractivity contribution in [2.45, 2.75) is 73.8 Å². The van der Waals surface area contributed by atoms with Gasteiger partial charge < -0.3 is 4.72 Å². The van der Waals surface area contributed by atoms with E-state index >= 15 is 0 Å². The van der Waals surface area contributed by atoms with Gasteiger partial charge in [-0.1, -0.05) is 73.8 Å². The molecular formula is C12H24AlN. The summed E-state index contributed by atoms with van der Waals surface area (Å²) in [5.41, 5.74) is 0. The molecule has 1 nitrogen and oxygen atoms in total. The Bertz CT molecular complexity index is 142. The lowest BCUT2D eigenvalue weighted by molar-refractivity contribution is 0.461. The highest BCUT2D eigenvalue weighted by atomic mass is 27.2. The fourth-order valence-electron chi connectivity index (χ4n) is 3.42. The standard InChI is InChI=1S/2C6H11.Al.H2N/c2*1-2-4-6-5-3-1;;/h2*1H,2-6H2;;1H2/q;;+1;-1. The van der Waals surface area contributed by atoms with Crippen LogP contribution in [0.25, 0.3) is 0 Å². The molecule has 0 aromatic rings. The zero-order valence-corrected chi connectivity index (χ0v) is 10.5. The first kappa shape index (κ1) is 11.0. The maximum absolute atomic E-state index is 6.56. The van der Waals surface area contributed by atoms with Crippen molar-refractivity contribution in [2.24, 2.45) is 4.72 Å². The van der Waals surface area contributed by atoms with Gasteiger partial charge >= 0.3 is 14.4 Å². The largest absolute Gasteiger partial charge is 0.412 e. The van der Waals surface area contributed by atoms with Gasteiger partial charge in [0.1, 0.15) is 0 Å². The zero-order valence-electron chi connectivity index (χ0n) is 9.38. The summed E-state index contributed by atoms with van der Waals surface area (Å²) in [6.07, 6.45) is 14.7. The second kappa shape index (κ2) is 5.54. The van der Waals surface area contributed by atoms with Crippen LogP contribution in [0.3, 0.4) is 0 Å². The van der Waals surface area contributed by atoms with Crippen LogP contribution in [0.5, 0.6) is 0 Å². The Kier molecular flexibility index (Phi) is 4.35. The predicted octanol–water partition coefficient (Wildman–Crippen LogP) is 3.61. The summed E-state index contributed by atoms with van der Waals surface area (Å²) >= 11 is -0.865. The van der Waals surface area contributed by atoms with Gasteiger partial charge in [0.2, 0.25) is 0 Å². The summed E-state index contributed by atoms with van der Waals surface area (Å²) in [5, 5.41) is 0. The van der Waals surface area contributed by atoms with Crippen LogP contribution in [0.4, 0.5) is 0 Å². The van der Waals surface area contributed by atoms with Gasteiger partial charge in [-0.25, -0.2) is 0 Å². The van der Waals surface area contributed by atoms with Gasteiger partial charge in [0.25, 0.3) is 0 Å². The molecule has 0 spiro atoms. The van der Waals surface area contributed by atoms with Crippen molar-refractivity contribution in [3.63, 3.8) is 0 Å². The Morgan fingerprint density at radius 1 is 0.643 bits per heavy atom. The molecule has 2 rings (SSSR count). The third-order valence-electron chi connectivity index (χ3n) is 4.39. The van der Waals surface area contributed by atoms with Crippen LogP contribution in [0.2, 0.25) is 9.56 Å². The van der Waals surface area contributed by atoms with E-state index < -0.39 is 14.4 Å². The van der Waals surface area contributed by atoms with Crippen molar-refractivity contribution >= 4 is 14.4 Å². The number of hydrogen-bond donors (Lipinski definition) is 1. The van der Waals surface area contributed by atoms with E-state index in [-0.39, 0.29) is 0 Å². The fourth-order valence-corrected chi connectivity index (χ4v) is 6.68. The summed E-state index contributed by atoms with van der Waals surface area (Å²) in [6, 6.07) is 0. The Morgan fingerprint density at radius 3 is 1.36 bits per heavy atom. The van der Waals surface area contributed by atoms with E-state index in [4.69, 9.17) is 4.72 Å². The van der Waals surface area contributed by atoms with E-state index in [9.17, 15) is 0 Å². The molecule has 0 aliphatic heterocycles. The molecule has 2 aliphatic carbocycles. The first-order chi connectivity index (χ1) is 6.88. The fraction of sp³-hybridized carbons (Fsp3) is 1.00. The normalized spacial score (nSPS) is 26.4. The van der Waals surface area contributed by atoms with Gasteiger partial charge in [-0.15, -0.1) is 0 Å². The molecule has 0 saturated heterocycles. The number of hydrogen-bond acceptors (Lipinski definition) is 1. The van der Waals surface area contributed by atoms with Crippen molar-refractivity contribution in [1.29, 1.82) is 0 Å². The summed E-state index contributed by atoms with van der Waals surface area (Å²) in [4.78, 5) is 0. The maximum Gasteiger partial charge on any atom is 0.373 e. The highest BCUT2D eigenvalue weighted by Crippen LogP contribution is 2.39. The van der Waals surface area contributed by atoms with Gasteiger partial charge in [-0.2, -0.15) is 0 Å². The molecule has 2 aliphatic rings. The van der Waals surface area contributed by atoms with E-state index in [1.165, 1.54) is 64.2 Å². The topological polar surface area (TPSA) is 26.0 Å². The molecule has 2 heteroatoms. The average molecular weight is 209 g/mol. The molecule has 2 N–H and O–H groups in total. The lowest BCUT2D eigenvalue weighted by atomic mass is 9.99. The van der Waals surface area contributed by atoms with Crippen molar-refractivity contribution in [3.05, 3.63) is 0 Å². The minimum absolute atomic E-state index is 0.865. The molecule has 0 bridgehead atoms. The minimum Gasteiger partial charge on any atom is -0.412 e. The van der Waals surface area contributed by atoms with Gasteiger partial charge in [0.05, 0.1) is 0 Å². The first-order valence-corrected chi connectivity index (χ1v) is 8.63. The Labute approximate surface area is 93.1 Å². The Morgan fingerprint density at radius 2 is 1.00 bits per heavy atom. The predicted molar refractivity (Wildman–Crippen MR) is 63.6 cm³/mol. The quantitative estimate of drug-likeness (QED) is 0.691. The molecule has 0 amide bonds. The van der Waals surface area contributed by atoms with Crippen LogP contribution in [-0.2, 0) is 0 Å². The van der Waals surface area contributed by atoms with Crippen LogP contribution >= 0.6 is 0 Å². The molecule has 2 fully saturated rings. The van der Waals surface area contributed by atoms with Gasteiger partial charge in [-0.3, -0.25) is 0 Å². The molecule has 0 atom stereocenters. The lowest BCUT2D eigenvalue weighted by Gasteiger charge is -2.31. The van der Waals surface area contributed by atoms with E-state index in [2.05, 4.69) is 0 Å². The Balaban J connectivity index is 1.82. The third-order valence-corrected chi connectivity index (χ3v) is 7.90. The summed E-state index contributed by atoms with van der Waals surface area (Å²) < 4.78 is 8.57. The highest BCUT2D eigenvalue weighted by molar-refractivity contribution is 6.58. The molecule has 0 aromatic heterocycles. The van der Waals surface area contributed by atoms with Gasteiger partial charge in [-0.05, 0) is 0 Å². The summed E-state index contributed by atoms with van der Waals surface area (Å²) in [6.45, 7) is 0. The van der Waals surface area contributed by atoms with E-state index in [1.54, 1.807) is 0 Å². The van der Waals surface area contributed by atoms with Crippen LogP contribution in [0.1, 0.15) is 64.2 Å². The second-order valence-electron chi connectivity index (χ2n) is 5.37. The third kappa shape index (κ3) is 2.75. The number of rotatable bonds is 2. The molecule has 14 heavy (non-hydrogen) atoms. The van der Waals surface area contributed by atoms with Crippen LogP contribution in [0.15, 0.2) is 0 Å². The summed E-state index contributed by atoms with van der Waals surface area (Å²) in [5.74, 6) is 0. The smallest absolute Gasteiger partial charge is 0.373 e. The minimum atomic E-state index is -0.865. The zero-order chi connectivity index (χ0) is 9.80. The Hall–Kier alpha value is 0.492. The molecule has 0 aromatic carbocycles. The second-order valence-corrected chi connectivity index (χ2v) is 8.41. The van der Waals surface area contributed by atoms with Crippen molar-refractivity contribution < 1.29 is 0 Å². The summed E-state index contributed by atoms with van der Waals surface area (Å²) in [7, 11) is 0. The molecule has 0 radical (unpaired) electrons. The van der Waals surface area contributed by atoms with Crippen LogP contribution in [-0.4, -0.2) is 14.4 Å². The van der Waals surface area contributed by atoms with Crippen molar-refractivity contribution in [3.8, 4) is 0 Å². The van der Waals surface area contributed by atoms with E-state index in [1.807, 2.05) is 0 Å². The maximum atomic E-state index is 6.56. The van der Waals surface area contributed by atoms with Crippen molar-refractivity contribution in [2.75, 3.05) is 0 Å². The molecule has 0 unspecified atom stereocenters. The molecular weight excluding hydrogens is 185 g/mol. The van der Waals surface area contributed by atoms with E-state index in [0.717, 1.165) is 9.56 Å². The molecule has 0 heterocycles. The van der Waals surface area contributed by atoms with Crippen LogP contribution < -0.4 is 4.72 Å². The molecule has 80 valence electrons. The SMILES string of the molecule is [NH2][Al]([CH]1CCCCC1)[CH]1CCCCC1. The highest BCUT2D eigenvalue weighted by Gasteiger charge is 2.34. The van der Waals surface area contributed by atoms with Gasteiger partial charge in [0.15, 0.2) is 0 Å². The lowest BCUT2D eigenvalue weighted by Crippen LogP contribution is -2.38. The monoisotopic (exact) mass is 209 g/mol. The van der Waals surface area contributed by atoms with Crippen molar-refractivity contribution in [1.82, 2.24) is 0 Å². The average Bonchev–Trinajstić information content (AvgIpc) is 2.30. The molecule has 2 saturated carbocycles. The van der Waals surface area contributed by atoms with Gasteiger partial charge in [0, 0.05) is 0 Å². The number of nitrogens with two attached hydrogens (primary N) is 1.